The van der Waals surface area contributed by atoms with Crippen molar-refractivity contribution in [3.8, 4) is 0 Å². The maximum absolute atomic E-state index is 6.01. The molecular formula is C16H33NO. The predicted octanol–water partition coefficient (Wildman–Crippen LogP) is 4.00. The Morgan fingerprint density at radius 3 is 2.33 bits per heavy atom. The van der Waals surface area contributed by atoms with Gasteiger partial charge in [-0.05, 0) is 38.1 Å². The van der Waals surface area contributed by atoms with Crippen molar-refractivity contribution in [1.82, 2.24) is 5.32 Å². The van der Waals surface area contributed by atoms with Gasteiger partial charge in [0.05, 0.1) is 6.10 Å². The first-order chi connectivity index (χ1) is 8.69. The molecule has 2 atom stereocenters. The van der Waals surface area contributed by atoms with E-state index in [9.17, 15) is 0 Å². The summed E-state index contributed by atoms with van der Waals surface area (Å²) in [5.74, 6) is 1.53. The molecule has 0 spiro atoms. The van der Waals surface area contributed by atoms with Gasteiger partial charge in [0, 0.05) is 12.6 Å². The minimum atomic E-state index is 0.377. The Kier molecular flexibility index (Phi) is 7.92. The summed E-state index contributed by atoms with van der Waals surface area (Å²) in [5, 5.41) is 3.74. The summed E-state index contributed by atoms with van der Waals surface area (Å²) in [4.78, 5) is 0. The fourth-order valence-corrected chi connectivity index (χ4v) is 3.23. The maximum Gasteiger partial charge on any atom is 0.0750 e. The van der Waals surface area contributed by atoms with Gasteiger partial charge in [-0.25, -0.2) is 0 Å². The lowest BCUT2D eigenvalue weighted by molar-refractivity contribution is -0.00219. The Bertz CT molecular complexity index is 199. The van der Waals surface area contributed by atoms with Crippen molar-refractivity contribution in [3.05, 3.63) is 0 Å². The molecule has 1 aliphatic rings. The van der Waals surface area contributed by atoms with Crippen molar-refractivity contribution in [2.75, 3.05) is 13.2 Å². The number of nitrogens with one attached hydrogen (secondary N) is 1. The molecule has 0 saturated heterocycles. The molecule has 0 aromatic rings. The molecule has 2 heteroatoms. The quantitative estimate of drug-likeness (QED) is 0.672. The molecule has 1 N–H and O–H groups in total. The lowest BCUT2D eigenvalue weighted by Gasteiger charge is -2.32. The van der Waals surface area contributed by atoms with Gasteiger partial charge in [-0.2, -0.15) is 0 Å². The highest BCUT2D eigenvalue weighted by Gasteiger charge is 2.28. The topological polar surface area (TPSA) is 21.3 Å². The lowest BCUT2D eigenvalue weighted by Crippen LogP contribution is -2.45. The summed E-state index contributed by atoms with van der Waals surface area (Å²) in [5.41, 5.74) is 0. The van der Waals surface area contributed by atoms with E-state index in [1.54, 1.807) is 0 Å². The van der Waals surface area contributed by atoms with Crippen LogP contribution in [-0.4, -0.2) is 25.3 Å². The van der Waals surface area contributed by atoms with E-state index in [-0.39, 0.29) is 0 Å². The molecule has 18 heavy (non-hydrogen) atoms. The fraction of sp³-hybridized carbons (Fsp3) is 1.00. The van der Waals surface area contributed by atoms with E-state index >= 15 is 0 Å². The third-order valence-corrected chi connectivity index (χ3v) is 4.13. The van der Waals surface area contributed by atoms with Crippen LogP contribution < -0.4 is 5.32 Å². The van der Waals surface area contributed by atoms with E-state index in [4.69, 9.17) is 4.74 Å². The Morgan fingerprint density at radius 1 is 1.17 bits per heavy atom. The standard InChI is InChI=1S/C16H33NO/c1-5-11-17-15(12-14-9-7-8-10-14)16(13(3)4)18-6-2/h13-17H,5-12H2,1-4H3. The number of hydrogen-bond acceptors (Lipinski definition) is 2. The van der Waals surface area contributed by atoms with E-state index in [0.717, 1.165) is 19.1 Å². The zero-order chi connectivity index (χ0) is 13.4. The minimum Gasteiger partial charge on any atom is -0.377 e. The van der Waals surface area contributed by atoms with Crippen LogP contribution in [0.5, 0.6) is 0 Å². The largest absolute Gasteiger partial charge is 0.377 e. The van der Waals surface area contributed by atoms with Crippen LogP contribution >= 0.6 is 0 Å². The second-order valence-corrected chi connectivity index (χ2v) is 6.11. The Balaban J connectivity index is 2.54. The summed E-state index contributed by atoms with van der Waals surface area (Å²) in [6.45, 7) is 10.9. The van der Waals surface area contributed by atoms with Gasteiger partial charge < -0.3 is 10.1 Å². The SMILES string of the molecule is CCCNC(CC1CCCC1)C(OCC)C(C)C. The van der Waals surface area contributed by atoms with E-state index in [2.05, 4.69) is 33.0 Å². The van der Waals surface area contributed by atoms with Gasteiger partial charge in [0.1, 0.15) is 0 Å². The van der Waals surface area contributed by atoms with E-state index in [0.29, 0.717) is 18.1 Å². The zero-order valence-corrected chi connectivity index (χ0v) is 12.9. The van der Waals surface area contributed by atoms with Gasteiger partial charge in [0.2, 0.25) is 0 Å². The van der Waals surface area contributed by atoms with Gasteiger partial charge in [-0.15, -0.1) is 0 Å². The van der Waals surface area contributed by atoms with Gasteiger partial charge in [0.15, 0.2) is 0 Å². The molecule has 0 amide bonds. The van der Waals surface area contributed by atoms with Crippen LogP contribution in [0.3, 0.4) is 0 Å². The molecular weight excluding hydrogens is 222 g/mol. The van der Waals surface area contributed by atoms with Crippen molar-refractivity contribution in [3.63, 3.8) is 0 Å². The monoisotopic (exact) mass is 255 g/mol. The summed E-state index contributed by atoms with van der Waals surface area (Å²) in [7, 11) is 0. The van der Waals surface area contributed by atoms with Gasteiger partial charge in [-0.3, -0.25) is 0 Å². The van der Waals surface area contributed by atoms with Crippen molar-refractivity contribution in [1.29, 1.82) is 0 Å². The van der Waals surface area contributed by atoms with Gasteiger partial charge in [0.25, 0.3) is 0 Å². The number of ether oxygens (including phenoxy) is 1. The highest BCUT2D eigenvalue weighted by Crippen LogP contribution is 2.30. The van der Waals surface area contributed by atoms with Crippen molar-refractivity contribution in [2.45, 2.75) is 78.4 Å². The second kappa shape index (κ2) is 8.92. The summed E-state index contributed by atoms with van der Waals surface area (Å²) >= 11 is 0. The van der Waals surface area contributed by atoms with Crippen LogP contribution in [0.2, 0.25) is 0 Å². The zero-order valence-electron chi connectivity index (χ0n) is 12.9. The molecule has 1 saturated carbocycles. The number of rotatable bonds is 9. The molecule has 0 aliphatic heterocycles. The maximum atomic E-state index is 6.01. The number of hydrogen-bond donors (Lipinski definition) is 1. The van der Waals surface area contributed by atoms with Crippen LogP contribution in [-0.2, 0) is 4.74 Å². The van der Waals surface area contributed by atoms with Crippen LogP contribution in [0, 0.1) is 11.8 Å². The highest BCUT2D eigenvalue weighted by atomic mass is 16.5. The van der Waals surface area contributed by atoms with Crippen LogP contribution in [0.15, 0.2) is 0 Å². The van der Waals surface area contributed by atoms with Crippen LogP contribution in [0.4, 0.5) is 0 Å². The molecule has 2 nitrogen and oxygen atoms in total. The van der Waals surface area contributed by atoms with E-state index < -0.39 is 0 Å². The molecule has 1 aliphatic carbocycles. The average Bonchev–Trinajstić information content (AvgIpc) is 2.84. The third kappa shape index (κ3) is 5.27. The van der Waals surface area contributed by atoms with E-state index in [1.165, 1.54) is 38.5 Å². The Morgan fingerprint density at radius 2 is 1.83 bits per heavy atom. The first kappa shape index (κ1) is 16.0. The predicted molar refractivity (Wildman–Crippen MR) is 78.9 cm³/mol. The van der Waals surface area contributed by atoms with Crippen molar-refractivity contribution in [2.24, 2.45) is 11.8 Å². The Hall–Kier alpha value is -0.0800. The second-order valence-electron chi connectivity index (χ2n) is 6.11. The van der Waals surface area contributed by atoms with Crippen LogP contribution in [0.25, 0.3) is 0 Å². The molecule has 1 fully saturated rings. The smallest absolute Gasteiger partial charge is 0.0750 e. The Labute approximate surface area is 114 Å². The van der Waals surface area contributed by atoms with Gasteiger partial charge in [-0.1, -0.05) is 46.5 Å². The third-order valence-electron chi connectivity index (χ3n) is 4.13. The minimum absolute atomic E-state index is 0.377. The average molecular weight is 255 g/mol. The van der Waals surface area contributed by atoms with Crippen LogP contribution in [0.1, 0.15) is 66.2 Å². The van der Waals surface area contributed by atoms with E-state index in [1.807, 2.05) is 0 Å². The summed E-state index contributed by atoms with van der Waals surface area (Å²) in [6, 6.07) is 0.549. The summed E-state index contributed by atoms with van der Waals surface area (Å²) in [6.07, 6.45) is 8.63. The molecule has 0 bridgehead atoms. The molecule has 1 rings (SSSR count). The first-order valence-electron chi connectivity index (χ1n) is 8.04. The normalized spacial score (nSPS) is 20.5. The van der Waals surface area contributed by atoms with Gasteiger partial charge >= 0.3 is 0 Å². The molecule has 0 aromatic heterocycles. The highest BCUT2D eigenvalue weighted by molar-refractivity contribution is 4.83. The fourth-order valence-electron chi connectivity index (χ4n) is 3.23. The molecule has 0 heterocycles. The lowest BCUT2D eigenvalue weighted by atomic mass is 9.90. The molecule has 108 valence electrons. The first-order valence-corrected chi connectivity index (χ1v) is 8.04. The molecule has 0 aromatic carbocycles. The van der Waals surface area contributed by atoms with Crippen molar-refractivity contribution < 1.29 is 4.74 Å². The summed E-state index contributed by atoms with van der Waals surface area (Å²) < 4.78 is 6.01. The van der Waals surface area contributed by atoms with Crippen molar-refractivity contribution >= 4 is 0 Å². The molecule has 0 radical (unpaired) electrons. The molecule has 2 unspecified atom stereocenters.